The molecule has 1 saturated carbocycles. The van der Waals surface area contributed by atoms with Crippen LogP contribution < -0.4 is 5.73 Å². The van der Waals surface area contributed by atoms with E-state index >= 15 is 0 Å². The van der Waals surface area contributed by atoms with Gasteiger partial charge in [0.1, 0.15) is 5.82 Å². The molecule has 1 aliphatic rings. The van der Waals surface area contributed by atoms with Crippen LogP contribution in [0.25, 0.3) is 0 Å². The Hall–Kier alpha value is -1.62. The van der Waals surface area contributed by atoms with Crippen molar-refractivity contribution in [2.45, 2.75) is 26.3 Å². The zero-order chi connectivity index (χ0) is 13.8. The van der Waals surface area contributed by atoms with Gasteiger partial charge in [-0.25, -0.2) is 4.39 Å². The fraction of sp³-hybridized carbons (Fsp3) is 0.500. The van der Waals surface area contributed by atoms with E-state index in [1.54, 1.807) is 6.07 Å². The van der Waals surface area contributed by atoms with Crippen LogP contribution in [0.2, 0.25) is 0 Å². The van der Waals surface area contributed by atoms with Gasteiger partial charge in [0.05, 0.1) is 0 Å². The maximum atomic E-state index is 13.5. The second-order valence-electron chi connectivity index (χ2n) is 5.10. The standard InChI is InChI=1S/C14H20FN3O/c1-2-18(8-10-3-4-10)9-11-5-12(14(16)17-19)7-13(15)6-11/h5-7,10,19H,2-4,8-9H2,1H3,(H2,16,17). The van der Waals surface area contributed by atoms with E-state index in [9.17, 15) is 4.39 Å². The highest BCUT2D eigenvalue weighted by molar-refractivity contribution is 5.97. The Morgan fingerprint density at radius 2 is 2.21 bits per heavy atom. The molecule has 1 fully saturated rings. The summed E-state index contributed by atoms with van der Waals surface area (Å²) in [5, 5.41) is 11.6. The monoisotopic (exact) mass is 265 g/mol. The number of halogens is 1. The third-order valence-electron chi connectivity index (χ3n) is 3.43. The molecule has 104 valence electrons. The van der Waals surface area contributed by atoms with Gasteiger partial charge in [0.15, 0.2) is 5.84 Å². The van der Waals surface area contributed by atoms with E-state index < -0.39 is 0 Å². The molecule has 0 radical (unpaired) electrons. The van der Waals surface area contributed by atoms with Gasteiger partial charge in [0.25, 0.3) is 0 Å². The molecule has 5 heteroatoms. The van der Waals surface area contributed by atoms with Crippen LogP contribution in [0.1, 0.15) is 30.9 Å². The van der Waals surface area contributed by atoms with Gasteiger partial charge in [-0.05, 0) is 49.1 Å². The highest BCUT2D eigenvalue weighted by Gasteiger charge is 2.23. The van der Waals surface area contributed by atoms with Gasteiger partial charge >= 0.3 is 0 Å². The van der Waals surface area contributed by atoms with Crippen molar-refractivity contribution < 1.29 is 9.60 Å². The fourth-order valence-electron chi connectivity index (χ4n) is 2.18. The normalized spacial score (nSPS) is 16.1. The van der Waals surface area contributed by atoms with Crippen molar-refractivity contribution in [3.05, 3.63) is 35.1 Å². The Balaban J connectivity index is 2.11. The number of rotatable bonds is 6. The summed E-state index contributed by atoms with van der Waals surface area (Å²) in [5.41, 5.74) is 6.77. The maximum Gasteiger partial charge on any atom is 0.170 e. The van der Waals surface area contributed by atoms with Crippen molar-refractivity contribution in [1.29, 1.82) is 0 Å². The largest absolute Gasteiger partial charge is 0.409 e. The van der Waals surface area contributed by atoms with Gasteiger partial charge in [0.2, 0.25) is 0 Å². The van der Waals surface area contributed by atoms with Crippen LogP contribution in [-0.4, -0.2) is 29.0 Å². The highest BCUT2D eigenvalue weighted by Crippen LogP contribution is 2.30. The molecule has 0 unspecified atom stereocenters. The van der Waals surface area contributed by atoms with Crippen molar-refractivity contribution in [2.75, 3.05) is 13.1 Å². The van der Waals surface area contributed by atoms with E-state index in [1.165, 1.54) is 25.0 Å². The van der Waals surface area contributed by atoms with Crippen LogP contribution in [0.15, 0.2) is 23.4 Å². The lowest BCUT2D eigenvalue weighted by atomic mass is 10.1. The second kappa shape index (κ2) is 6.02. The SMILES string of the molecule is CCN(Cc1cc(F)cc(/C(N)=N/O)c1)CC1CC1. The number of nitrogens with zero attached hydrogens (tertiary/aromatic N) is 2. The maximum absolute atomic E-state index is 13.5. The van der Waals surface area contributed by atoms with Crippen molar-refractivity contribution >= 4 is 5.84 Å². The molecule has 0 bridgehead atoms. The summed E-state index contributed by atoms with van der Waals surface area (Å²) in [4.78, 5) is 2.29. The molecule has 0 amide bonds. The summed E-state index contributed by atoms with van der Waals surface area (Å²) in [6.07, 6.45) is 2.60. The smallest absolute Gasteiger partial charge is 0.170 e. The Bertz CT molecular complexity index is 472. The molecule has 4 nitrogen and oxygen atoms in total. The van der Waals surface area contributed by atoms with Gasteiger partial charge in [-0.1, -0.05) is 12.1 Å². The average Bonchev–Trinajstić information content (AvgIpc) is 3.20. The van der Waals surface area contributed by atoms with Crippen LogP contribution in [0.4, 0.5) is 4.39 Å². The molecule has 0 aliphatic heterocycles. The molecule has 1 aliphatic carbocycles. The van der Waals surface area contributed by atoms with Crippen LogP contribution in [0.5, 0.6) is 0 Å². The minimum atomic E-state index is -0.360. The van der Waals surface area contributed by atoms with E-state index in [-0.39, 0.29) is 11.7 Å². The summed E-state index contributed by atoms with van der Waals surface area (Å²) in [6, 6.07) is 4.55. The quantitative estimate of drug-likeness (QED) is 0.358. The first-order chi connectivity index (χ1) is 9.12. The molecule has 1 aromatic rings. The molecule has 2 rings (SSSR count). The first-order valence-electron chi connectivity index (χ1n) is 6.62. The van der Waals surface area contributed by atoms with Gasteiger partial charge in [-0.3, -0.25) is 4.90 Å². The Labute approximate surface area is 112 Å². The van der Waals surface area contributed by atoms with Crippen LogP contribution in [-0.2, 0) is 6.54 Å². The topological polar surface area (TPSA) is 61.8 Å². The first kappa shape index (κ1) is 13.8. The van der Waals surface area contributed by atoms with Crippen molar-refractivity contribution in [2.24, 2.45) is 16.8 Å². The summed E-state index contributed by atoms with van der Waals surface area (Å²) in [7, 11) is 0. The number of amidine groups is 1. The lowest BCUT2D eigenvalue weighted by molar-refractivity contribution is 0.268. The predicted molar refractivity (Wildman–Crippen MR) is 72.6 cm³/mol. The van der Waals surface area contributed by atoms with Gasteiger partial charge in [-0.2, -0.15) is 0 Å². The number of nitrogens with two attached hydrogens (primary N) is 1. The minimum absolute atomic E-state index is 0.0639. The summed E-state index contributed by atoms with van der Waals surface area (Å²) in [5.74, 6) is 0.379. The van der Waals surface area contributed by atoms with Crippen LogP contribution >= 0.6 is 0 Å². The van der Waals surface area contributed by atoms with Crippen molar-refractivity contribution in [3.63, 3.8) is 0 Å². The lowest BCUT2D eigenvalue weighted by Gasteiger charge is -2.20. The summed E-state index contributed by atoms with van der Waals surface area (Å²) < 4.78 is 13.5. The molecule has 0 spiro atoms. The molecule has 0 heterocycles. The van der Waals surface area contributed by atoms with E-state index in [2.05, 4.69) is 17.0 Å². The molecule has 19 heavy (non-hydrogen) atoms. The third-order valence-corrected chi connectivity index (χ3v) is 3.43. The van der Waals surface area contributed by atoms with Crippen molar-refractivity contribution in [1.82, 2.24) is 4.90 Å². The van der Waals surface area contributed by atoms with E-state index in [1.807, 2.05) is 0 Å². The zero-order valence-corrected chi connectivity index (χ0v) is 11.1. The third kappa shape index (κ3) is 3.92. The van der Waals surface area contributed by atoms with E-state index in [0.717, 1.165) is 24.6 Å². The fourth-order valence-corrected chi connectivity index (χ4v) is 2.18. The van der Waals surface area contributed by atoms with Gasteiger partial charge < -0.3 is 10.9 Å². The predicted octanol–water partition coefficient (Wildman–Crippen LogP) is 2.15. The van der Waals surface area contributed by atoms with Crippen LogP contribution in [0, 0.1) is 11.7 Å². The molecule has 0 atom stereocenters. The Morgan fingerprint density at radius 3 is 2.79 bits per heavy atom. The minimum Gasteiger partial charge on any atom is -0.409 e. The molecule has 1 aromatic carbocycles. The number of hydrogen-bond donors (Lipinski definition) is 2. The van der Waals surface area contributed by atoms with Crippen LogP contribution in [0.3, 0.4) is 0 Å². The zero-order valence-electron chi connectivity index (χ0n) is 11.1. The van der Waals surface area contributed by atoms with Gasteiger partial charge in [0, 0.05) is 18.7 Å². The average molecular weight is 265 g/mol. The summed E-state index contributed by atoms with van der Waals surface area (Å²) >= 11 is 0. The molecular formula is C14H20FN3O. The molecule has 0 aromatic heterocycles. The lowest BCUT2D eigenvalue weighted by Crippen LogP contribution is -2.25. The van der Waals surface area contributed by atoms with Crippen molar-refractivity contribution in [3.8, 4) is 0 Å². The first-order valence-corrected chi connectivity index (χ1v) is 6.62. The molecular weight excluding hydrogens is 245 g/mol. The Kier molecular flexibility index (Phi) is 4.37. The number of benzene rings is 1. The van der Waals surface area contributed by atoms with Gasteiger partial charge in [-0.15, -0.1) is 0 Å². The second-order valence-corrected chi connectivity index (χ2v) is 5.10. The van der Waals surface area contributed by atoms with E-state index in [0.29, 0.717) is 12.1 Å². The summed E-state index contributed by atoms with van der Waals surface area (Å²) in [6.45, 7) is 4.79. The number of hydrogen-bond acceptors (Lipinski definition) is 3. The highest BCUT2D eigenvalue weighted by atomic mass is 19.1. The van der Waals surface area contributed by atoms with E-state index in [4.69, 9.17) is 10.9 Å². The Morgan fingerprint density at radius 1 is 1.47 bits per heavy atom. The number of oxime groups is 1. The molecule has 3 N–H and O–H groups in total. The molecule has 0 saturated heterocycles.